The molecule has 1 aromatic heterocycles. The molecule has 3 nitrogen and oxygen atoms in total. The number of aryl methyl sites for hydroxylation is 1. The van der Waals surface area contributed by atoms with Crippen LogP contribution < -0.4 is 0 Å². The Balaban J connectivity index is 2.57. The van der Waals surface area contributed by atoms with Gasteiger partial charge in [-0.05, 0) is 12.1 Å². The van der Waals surface area contributed by atoms with Gasteiger partial charge in [0.1, 0.15) is 6.61 Å². The van der Waals surface area contributed by atoms with E-state index < -0.39 is 12.5 Å². The number of aromatic nitrogens is 2. The zero-order valence-corrected chi connectivity index (χ0v) is 8.11. The first-order chi connectivity index (χ1) is 7.04. The molecule has 0 aliphatic heterocycles. The van der Waals surface area contributed by atoms with Crippen LogP contribution in [0.3, 0.4) is 0 Å². The van der Waals surface area contributed by atoms with Gasteiger partial charge in [-0.25, -0.2) is 4.98 Å². The number of aliphatic hydroxyl groups excluding tert-OH is 1. The van der Waals surface area contributed by atoms with Crippen molar-refractivity contribution in [1.82, 2.24) is 9.55 Å². The molecule has 0 aliphatic rings. The van der Waals surface area contributed by atoms with E-state index in [9.17, 15) is 8.78 Å². The summed E-state index contributed by atoms with van der Waals surface area (Å²) in [6.07, 6.45) is 1.56. The van der Waals surface area contributed by atoms with Crippen LogP contribution in [-0.4, -0.2) is 21.3 Å². The fourth-order valence-corrected chi connectivity index (χ4v) is 1.45. The third kappa shape index (κ3) is 1.59. The van der Waals surface area contributed by atoms with Gasteiger partial charge in [-0.2, -0.15) is 8.78 Å². The second-order valence-electron chi connectivity index (χ2n) is 3.42. The topological polar surface area (TPSA) is 38.0 Å². The molecule has 0 saturated heterocycles. The Morgan fingerprint density at radius 3 is 2.87 bits per heavy atom. The molecule has 1 heterocycles. The molecule has 80 valence electrons. The van der Waals surface area contributed by atoms with Crippen LogP contribution in [-0.2, 0) is 13.0 Å². The number of imidazole rings is 1. The minimum atomic E-state index is -3.20. The van der Waals surface area contributed by atoms with Gasteiger partial charge in [-0.1, -0.05) is 6.07 Å². The molecule has 2 rings (SSSR count). The second kappa shape index (κ2) is 3.27. The number of fused-ring (bicyclic) bond motifs is 1. The van der Waals surface area contributed by atoms with Crippen molar-refractivity contribution in [2.75, 3.05) is 6.61 Å². The van der Waals surface area contributed by atoms with Crippen LogP contribution in [0.1, 0.15) is 5.56 Å². The van der Waals surface area contributed by atoms with E-state index >= 15 is 0 Å². The minimum absolute atomic E-state index is 0.212. The Morgan fingerprint density at radius 1 is 1.47 bits per heavy atom. The van der Waals surface area contributed by atoms with Crippen LogP contribution in [0.15, 0.2) is 24.5 Å². The van der Waals surface area contributed by atoms with Crippen LogP contribution in [0.2, 0.25) is 0 Å². The summed E-state index contributed by atoms with van der Waals surface area (Å²) >= 11 is 0. The zero-order valence-electron chi connectivity index (χ0n) is 8.11. The van der Waals surface area contributed by atoms with Crippen molar-refractivity contribution in [3.05, 3.63) is 30.1 Å². The van der Waals surface area contributed by atoms with E-state index in [1.165, 1.54) is 12.1 Å². The molecule has 1 N–H and O–H groups in total. The van der Waals surface area contributed by atoms with Gasteiger partial charge in [0.05, 0.1) is 17.4 Å². The molecular formula is C10H10F2N2O. The predicted molar refractivity (Wildman–Crippen MR) is 51.7 cm³/mol. The molecule has 0 unspecified atom stereocenters. The van der Waals surface area contributed by atoms with Gasteiger partial charge in [0.15, 0.2) is 0 Å². The second-order valence-corrected chi connectivity index (χ2v) is 3.42. The van der Waals surface area contributed by atoms with Gasteiger partial charge in [0.2, 0.25) is 0 Å². The highest BCUT2D eigenvalue weighted by Gasteiger charge is 2.30. The van der Waals surface area contributed by atoms with Gasteiger partial charge in [-0.15, -0.1) is 0 Å². The first-order valence-electron chi connectivity index (χ1n) is 4.45. The van der Waals surface area contributed by atoms with Gasteiger partial charge in [-0.3, -0.25) is 0 Å². The quantitative estimate of drug-likeness (QED) is 0.822. The zero-order chi connectivity index (χ0) is 11.1. The summed E-state index contributed by atoms with van der Waals surface area (Å²) in [5.41, 5.74) is 1.08. The van der Waals surface area contributed by atoms with Crippen molar-refractivity contribution in [2.24, 2.45) is 7.05 Å². The SMILES string of the molecule is Cn1cnc2cc(C(F)(F)CO)ccc21. The average Bonchev–Trinajstić information content (AvgIpc) is 2.60. The first-order valence-corrected chi connectivity index (χ1v) is 4.45. The van der Waals surface area contributed by atoms with Crippen molar-refractivity contribution < 1.29 is 13.9 Å². The smallest absolute Gasteiger partial charge is 0.295 e. The van der Waals surface area contributed by atoms with Crippen molar-refractivity contribution >= 4 is 11.0 Å². The third-order valence-corrected chi connectivity index (χ3v) is 2.35. The highest BCUT2D eigenvalue weighted by molar-refractivity contribution is 5.76. The molecule has 0 radical (unpaired) electrons. The van der Waals surface area contributed by atoms with Crippen molar-refractivity contribution in [3.8, 4) is 0 Å². The lowest BCUT2D eigenvalue weighted by atomic mass is 10.1. The predicted octanol–water partition coefficient (Wildman–Crippen LogP) is 1.66. The molecule has 5 heteroatoms. The monoisotopic (exact) mass is 212 g/mol. The van der Waals surface area contributed by atoms with E-state index in [1.807, 2.05) is 0 Å². The molecular weight excluding hydrogens is 202 g/mol. The van der Waals surface area contributed by atoms with E-state index in [4.69, 9.17) is 5.11 Å². The number of hydrogen-bond donors (Lipinski definition) is 1. The molecule has 15 heavy (non-hydrogen) atoms. The molecule has 1 aromatic carbocycles. The van der Waals surface area contributed by atoms with E-state index in [2.05, 4.69) is 4.98 Å². The Kier molecular flexibility index (Phi) is 2.19. The van der Waals surface area contributed by atoms with Gasteiger partial charge in [0, 0.05) is 12.6 Å². The van der Waals surface area contributed by atoms with E-state index in [0.717, 1.165) is 5.52 Å². The summed E-state index contributed by atoms with van der Waals surface area (Å²) in [4.78, 5) is 3.97. The van der Waals surface area contributed by atoms with E-state index in [-0.39, 0.29) is 5.56 Å². The number of hydrogen-bond acceptors (Lipinski definition) is 2. The van der Waals surface area contributed by atoms with E-state index in [1.54, 1.807) is 24.0 Å². The van der Waals surface area contributed by atoms with Crippen molar-refractivity contribution in [3.63, 3.8) is 0 Å². The maximum Gasteiger partial charge on any atom is 0.295 e. The normalized spacial score (nSPS) is 12.3. The van der Waals surface area contributed by atoms with Gasteiger partial charge in [0.25, 0.3) is 5.92 Å². The van der Waals surface area contributed by atoms with Crippen LogP contribution in [0, 0.1) is 0 Å². The standard InChI is InChI=1S/C10H10F2N2O/c1-14-6-13-8-4-7(2-3-9(8)14)10(11,12)5-15/h2-4,6,15H,5H2,1H3. The maximum atomic E-state index is 13.1. The summed E-state index contributed by atoms with van der Waals surface area (Å²) in [5, 5.41) is 8.55. The molecule has 0 amide bonds. The van der Waals surface area contributed by atoms with Gasteiger partial charge >= 0.3 is 0 Å². The van der Waals surface area contributed by atoms with Crippen molar-refractivity contribution in [2.45, 2.75) is 5.92 Å². The summed E-state index contributed by atoms with van der Waals surface area (Å²) in [6, 6.07) is 4.17. The highest BCUT2D eigenvalue weighted by Crippen LogP contribution is 2.29. The van der Waals surface area contributed by atoms with Crippen LogP contribution in [0.25, 0.3) is 11.0 Å². The summed E-state index contributed by atoms with van der Waals surface area (Å²) in [6.45, 7) is -1.19. The molecule has 2 aromatic rings. The fraction of sp³-hybridized carbons (Fsp3) is 0.300. The fourth-order valence-electron chi connectivity index (χ4n) is 1.45. The number of rotatable bonds is 2. The van der Waals surface area contributed by atoms with Gasteiger partial charge < -0.3 is 9.67 Å². The molecule has 0 fully saturated rings. The first kappa shape index (κ1) is 10.0. The van der Waals surface area contributed by atoms with Crippen LogP contribution >= 0.6 is 0 Å². The van der Waals surface area contributed by atoms with E-state index in [0.29, 0.717) is 5.52 Å². The third-order valence-electron chi connectivity index (χ3n) is 2.35. The van der Waals surface area contributed by atoms with Crippen LogP contribution in [0.5, 0.6) is 0 Å². The molecule has 0 saturated carbocycles. The lowest BCUT2D eigenvalue weighted by molar-refractivity contribution is -0.0555. The Bertz CT molecular complexity index is 493. The Morgan fingerprint density at radius 2 is 2.20 bits per heavy atom. The maximum absolute atomic E-state index is 13.1. The number of benzene rings is 1. The molecule has 0 bridgehead atoms. The number of aliphatic hydroxyl groups is 1. The average molecular weight is 212 g/mol. The van der Waals surface area contributed by atoms with Crippen LogP contribution in [0.4, 0.5) is 8.78 Å². The molecule has 0 atom stereocenters. The summed E-state index contributed by atoms with van der Waals surface area (Å²) in [5.74, 6) is -3.20. The molecule has 0 spiro atoms. The minimum Gasteiger partial charge on any atom is -0.390 e. The number of halogens is 2. The largest absolute Gasteiger partial charge is 0.390 e. The lowest BCUT2D eigenvalue weighted by Gasteiger charge is -2.13. The highest BCUT2D eigenvalue weighted by atomic mass is 19.3. The summed E-state index contributed by atoms with van der Waals surface area (Å²) in [7, 11) is 1.79. The Hall–Kier alpha value is -1.49. The van der Waals surface area contributed by atoms with Crippen molar-refractivity contribution in [1.29, 1.82) is 0 Å². The molecule has 0 aliphatic carbocycles. The Labute approximate surface area is 85.0 Å². The summed E-state index contributed by atoms with van der Waals surface area (Å²) < 4.78 is 28.0. The lowest BCUT2D eigenvalue weighted by Crippen LogP contribution is -2.18. The number of alkyl halides is 2. The number of nitrogens with zero attached hydrogens (tertiary/aromatic N) is 2.